The van der Waals surface area contributed by atoms with Crippen molar-refractivity contribution in [1.29, 1.82) is 0 Å². The molecule has 2 N–H and O–H groups in total. The molecule has 0 fully saturated rings. The molecule has 1 atom stereocenters. The molecule has 1 rings (SSSR count). The third-order valence-corrected chi connectivity index (χ3v) is 2.46. The van der Waals surface area contributed by atoms with Crippen molar-refractivity contribution in [3.63, 3.8) is 0 Å². The summed E-state index contributed by atoms with van der Waals surface area (Å²) in [5.41, 5.74) is 6.63. The summed E-state index contributed by atoms with van der Waals surface area (Å²) in [4.78, 5) is 0.464. The molecule has 3 heteroatoms. The van der Waals surface area contributed by atoms with Gasteiger partial charge < -0.3 is 5.73 Å². The van der Waals surface area contributed by atoms with E-state index in [-0.39, 0.29) is 11.7 Å². The minimum absolute atomic E-state index is 0.0330. The van der Waals surface area contributed by atoms with E-state index in [0.29, 0.717) is 10.9 Å². The van der Waals surface area contributed by atoms with Crippen LogP contribution in [-0.2, 0) is 0 Å². The summed E-state index contributed by atoms with van der Waals surface area (Å²) >= 11 is 4.99. The number of benzene rings is 1. The Balaban J connectivity index is 3.00. The second-order valence-corrected chi connectivity index (χ2v) is 4.15. The molecule has 76 valence electrons. The fraction of sp³-hybridized carbons (Fsp3) is 0.364. The molecule has 0 aliphatic heterocycles. The maximum atomic E-state index is 12.7. The van der Waals surface area contributed by atoms with Crippen LogP contribution < -0.4 is 5.73 Å². The van der Waals surface area contributed by atoms with Crippen molar-refractivity contribution in [1.82, 2.24) is 0 Å². The molecule has 0 saturated heterocycles. The van der Waals surface area contributed by atoms with Crippen molar-refractivity contribution >= 4 is 17.2 Å². The number of hydrogen-bond acceptors (Lipinski definition) is 1. The predicted octanol–water partition coefficient (Wildman–Crippen LogP) is 2.85. The summed E-state index contributed by atoms with van der Waals surface area (Å²) in [5, 5.41) is 0. The van der Waals surface area contributed by atoms with Crippen molar-refractivity contribution in [3.8, 4) is 0 Å². The van der Waals surface area contributed by atoms with Gasteiger partial charge in [0.2, 0.25) is 0 Å². The van der Waals surface area contributed by atoms with Gasteiger partial charge in [0.25, 0.3) is 0 Å². The fourth-order valence-electron chi connectivity index (χ4n) is 1.55. The molecule has 0 radical (unpaired) electrons. The van der Waals surface area contributed by atoms with Gasteiger partial charge in [0, 0.05) is 5.92 Å². The summed E-state index contributed by atoms with van der Waals surface area (Å²) < 4.78 is 12.7. The topological polar surface area (TPSA) is 26.0 Å². The van der Waals surface area contributed by atoms with E-state index in [2.05, 4.69) is 0 Å². The largest absolute Gasteiger partial charge is 0.393 e. The van der Waals surface area contributed by atoms with Gasteiger partial charge >= 0.3 is 0 Å². The Kier molecular flexibility index (Phi) is 3.58. The second-order valence-electron chi connectivity index (χ2n) is 3.68. The van der Waals surface area contributed by atoms with Crippen LogP contribution in [0.1, 0.15) is 25.3 Å². The van der Waals surface area contributed by atoms with E-state index in [9.17, 15) is 4.39 Å². The third-order valence-electron chi connectivity index (χ3n) is 2.20. The molecule has 1 unspecified atom stereocenters. The normalized spacial score (nSPS) is 12.9. The van der Waals surface area contributed by atoms with Gasteiger partial charge in [-0.3, -0.25) is 0 Å². The van der Waals surface area contributed by atoms with Crippen LogP contribution >= 0.6 is 12.2 Å². The number of halogens is 1. The molecule has 0 bridgehead atoms. The average molecular weight is 211 g/mol. The molecular weight excluding hydrogens is 197 g/mol. The number of nitrogens with two attached hydrogens (primary N) is 1. The van der Waals surface area contributed by atoms with E-state index in [4.69, 9.17) is 18.0 Å². The average Bonchev–Trinajstić information content (AvgIpc) is 2.07. The zero-order valence-corrected chi connectivity index (χ0v) is 9.14. The fourth-order valence-corrected chi connectivity index (χ4v) is 1.96. The van der Waals surface area contributed by atoms with Crippen LogP contribution in [0, 0.1) is 11.7 Å². The zero-order valence-electron chi connectivity index (χ0n) is 8.33. The SMILES string of the molecule is CC(C)C(C(N)=S)c1ccc(F)cc1. The van der Waals surface area contributed by atoms with Gasteiger partial charge in [-0.05, 0) is 23.6 Å². The minimum Gasteiger partial charge on any atom is -0.393 e. The lowest BCUT2D eigenvalue weighted by atomic mass is 9.88. The quantitative estimate of drug-likeness (QED) is 0.778. The van der Waals surface area contributed by atoms with E-state index in [1.807, 2.05) is 13.8 Å². The highest BCUT2D eigenvalue weighted by Crippen LogP contribution is 2.24. The van der Waals surface area contributed by atoms with Gasteiger partial charge in [0.15, 0.2) is 0 Å². The van der Waals surface area contributed by atoms with Crippen LogP contribution in [-0.4, -0.2) is 4.99 Å². The first-order valence-electron chi connectivity index (χ1n) is 4.57. The summed E-state index contributed by atoms with van der Waals surface area (Å²) in [6, 6.07) is 6.34. The van der Waals surface area contributed by atoms with Crippen molar-refractivity contribution in [2.24, 2.45) is 11.7 Å². The van der Waals surface area contributed by atoms with Crippen LogP contribution in [0.3, 0.4) is 0 Å². The molecule has 1 aromatic rings. The second kappa shape index (κ2) is 4.51. The van der Waals surface area contributed by atoms with Gasteiger partial charge in [0.1, 0.15) is 5.82 Å². The van der Waals surface area contributed by atoms with Crippen molar-refractivity contribution < 1.29 is 4.39 Å². The van der Waals surface area contributed by atoms with Gasteiger partial charge in [-0.1, -0.05) is 38.2 Å². The third kappa shape index (κ3) is 2.51. The first-order chi connectivity index (χ1) is 6.52. The molecular formula is C11H14FNS. The number of thiocarbonyl (C=S) groups is 1. The maximum Gasteiger partial charge on any atom is 0.123 e. The molecule has 0 spiro atoms. The van der Waals surface area contributed by atoms with Crippen LogP contribution in [0.2, 0.25) is 0 Å². The van der Waals surface area contributed by atoms with Gasteiger partial charge in [-0.15, -0.1) is 0 Å². The smallest absolute Gasteiger partial charge is 0.123 e. The Morgan fingerprint density at radius 1 is 1.29 bits per heavy atom. The first-order valence-corrected chi connectivity index (χ1v) is 4.98. The van der Waals surface area contributed by atoms with Crippen molar-refractivity contribution in [2.75, 3.05) is 0 Å². The predicted molar refractivity (Wildman–Crippen MR) is 60.8 cm³/mol. The van der Waals surface area contributed by atoms with Crippen LogP contribution in [0.25, 0.3) is 0 Å². The summed E-state index contributed by atoms with van der Waals surface area (Å²) in [5.74, 6) is 0.128. The minimum atomic E-state index is -0.237. The Labute approximate surface area is 89.1 Å². The Morgan fingerprint density at radius 2 is 1.79 bits per heavy atom. The van der Waals surface area contributed by atoms with E-state index >= 15 is 0 Å². The molecule has 0 amide bonds. The first kappa shape index (κ1) is 11.1. The monoisotopic (exact) mass is 211 g/mol. The molecule has 0 aliphatic carbocycles. The molecule has 0 saturated carbocycles. The summed E-state index contributed by atoms with van der Waals surface area (Å²) in [7, 11) is 0. The van der Waals surface area contributed by atoms with Gasteiger partial charge in [-0.25, -0.2) is 4.39 Å². The highest BCUT2D eigenvalue weighted by Gasteiger charge is 2.18. The van der Waals surface area contributed by atoms with Crippen molar-refractivity contribution in [3.05, 3.63) is 35.6 Å². The lowest BCUT2D eigenvalue weighted by molar-refractivity contribution is 0.598. The van der Waals surface area contributed by atoms with E-state index < -0.39 is 0 Å². The Bertz CT molecular complexity index is 319. The molecule has 1 nitrogen and oxygen atoms in total. The molecule has 14 heavy (non-hydrogen) atoms. The van der Waals surface area contributed by atoms with Crippen LogP contribution in [0.4, 0.5) is 4.39 Å². The molecule has 0 aromatic heterocycles. The Hall–Kier alpha value is -0.960. The van der Waals surface area contributed by atoms with E-state index in [1.165, 1.54) is 12.1 Å². The van der Waals surface area contributed by atoms with Gasteiger partial charge in [-0.2, -0.15) is 0 Å². The highest BCUT2D eigenvalue weighted by atomic mass is 32.1. The maximum absolute atomic E-state index is 12.7. The summed E-state index contributed by atoms with van der Waals surface area (Å²) in [6.07, 6.45) is 0. The van der Waals surface area contributed by atoms with Crippen LogP contribution in [0.5, 0.6) is 0 Å². The highest BCUT2D eigenvalue weighted by molar-refractivity contribution is 7.80. The Morgan fingerprint density at radius 3 is 2.14 bits per heavy atom. The molecule has 1 aromatic carbocycles. The molecule has 0 aliphatic rings. The van der Waals surface area contributed by atoms with Crippen LogP contribution in [0.15, 0.2) is 24.3 Å². The number of rotatable bonds is 3. The van der Waals surface area contributed by atoms with E-state index in [0.717, 1.165) is 5.56 Å². The lowest BCUT2D eigenvalue weighted by Crippen LogP contribution is -2.23. The summed E-state index contributed by atoms with van der Waals surface area (Å²) in [6.45, 7) is 4.10. The number of hydrogen-bond donors (Lipinski definition) is 1. The lowest BCUT2D eigenvalue weighted by Gasteiger charge is -2.19. The van der Waals surface area contributed by atoms with Gasteiger partial charge in [0.05, 0.1) is 4.99 Å². The zero-order chi connectivity index (χ0) is 10.7. The van der Waals surface area contributed by atoms with Crippen molar-refractivity contribution in [2.45, 2.75) is 19.8 Å². The van der Waals surface area contributed by atoms with E-state index in [1.54, 1.807) is 12.1 Å². The standard InChI is InChI=1S/C11H14FNS/c1-7(2)10(11(13)14)8-3-5-9(12)6-4-8/h3-7,10H,1-2H3,(H2,13,14). The molecule has 0 heterocycles.